The van der Waals surface area contributed by atoms with E-state index in [0.717, 1.165) is 15.9 Å². The molecule has 1 atom stereocenters. The Morgan fingerprint density at radius 1 is 1.45 bits per heavy atom. The van der Waals surface area contributed by atoms with Gasteiger partial charge in [-0.2, -0.15) is 0 Å². The highest BCUT2D eigenvalue weighted by Gasteiger charge is 2.20. The Morgan fingerprint density at radius 3 is 2.73 bits per heavy atom. The monoisotopic (exact) mass is 381 g/mol. The van der Waals surface area contributed by atoms with E-state index in [4.69, 9.17) is 4.74 Å². The van der Waals surface area contributed by atoms with Crippen molar-refractivity contribution in [2.24, 2.45) is 0 Å². The highest BCUT2D eigenvalue weighted by atomic mass is 79.9. The molecule has 22 heavy (non-hydrogen) atoms. The fourth-order valence-electron chi connectivity index (χ4n) is 1.85. The summed E-state index contributed by atoms with van der Waals surface area (Å²) in [6.07, 6.45) is 1.78. The molecule has 2 rings (SSSR count). The van der Waals surface area contributed by atoms with Crippen molar-refractivity contribution in [1.82, 2.24) is 14.8 Å². The van der Waals surface area contributed by atoms with Crippen molar-refractivity contribution in [1.29, 1.82) is 0 Å². The molecule has 0 saturated carbocycles. The van der Waals surface area contributed by atoms with Gasteiger partial charge < -0.3 is 4.74 Å². The first-order valence-electron chi connectivity index (χ1n) is 6.61. The number of carbonyl (C=O) groups is 1. The van der Waals surface area contributed by atoms with Gasteiger partial charge in [-0.1, -0.05) is 45.9 Å². The van der Waals surface area contributed by atoms with Gasteiger partial charge in [0.2, 0.25) is 0 Å². The third-order valence-electron chi connectivity index (χ3n) is 2.95. The van der Waals surface area contributed by atoms with Gasteiger partial charge in [0.15, 0.2) is 11.0 Å². The van der Waals surface area contributed by atoms with Crippen LogP contribution in [-0.2, 0) is 16.1 Å². The highest BCUT2D eigenvalue weighted by molar-refractivity contribution is 9.10. The Morgan fingerprint density at radius 2 is 2.14 bits per heavy atom. The quantitative estimate of drug-likeness (QED) is 0.435. The Balaban J connectivity index is 2.34. The minimum atomic E-state index is -0.351. The van der Waals surface area contributed by atoms with Crippen LogP contribution in [0.2, 0.25) is 0 Å². The van der Waals surface area contributed by atoms with Crippen LogP contribution >= 0.6 is 27.7 Å². The molecule has 0 unspecified atom stereocenters. The number of esters is 1. The number of hydrogen-bond acceptors (Lipinski definition) is 5. The molecule has 0 aliphatic carbocycles. The van der Waals surface area contributed by atoms with Crippen LogP contribution in [0.4, 0.5) is 0 Å². The maximum absolute atomic E-state index is 11.6. The van der Waals surface area contributed by atoms with Gasteiger partial charge in [-0.3, -0.25) is 9.36 Å². The third kappa shape index (κ3) is 3.78. The molecule has 2 aromatic rings. The number of hydrogen-bond donors (Lipinski definition) is 0. The highest BCUT2D eigenvalue weighted by Crippen LogP contribution is 2.28. The van der Waals surface area contributed by atoms with Crippen molar-refractivity contribution in [3.63, 3.8) is 0 Å². The number of nitrogens with zero attached hydrogens (tertiary/aromatic N) is 3. The van der Waals surface area contributed by atoms with Gasteiger partial charge >= 0.3 is 5.97 Å². The molecular weight excluding hydrogens is 366 g/mol. The van der Waals surface area contributed by atoms with E-state index in [9.17, 15) is 4.79 Å². The van der Waals surface area contributed by atoms with Crippen molar-refractivity contribution < 1.29 is 9.53 Å². The summed E-state index contributed by atoms with van der Waals surface area (Å²) in [7, 11) is 1.38. The van der Waals surface area contributed by atoms with Crippen molar-refractivity contribution in [2.45, 2.75) is 23.9 Å². The molecule has 0 fully saturated rings. The predicted octanol–water partition coefficient (Wildman–Crippen LogP) is 3.55. The van der Waals surface area contributed by atoms with E-state index in [2.05, 4.69) is 32.7 Å². The van der Waals surface area contributed by atoms with Gasteiger partial charge in [-0.25, -0.2) is 0 Å². The molecule has 0 radical (unpaired) electrons. The molecule has 1 aromatic carbocycles. The normalized spacial score (nSPS) is 12.0. The summed E-state index contributed by atoms with van der Waals surface area (Å²) in [6.45, 7) is 6.12. The molecule has 7 heteroatoms. The van der Waals surface area contributed by atoms with Gasteiger partial charge in [0, 0.05) is 16.6 Å². The molecule has 0 aliphatic heterocycles. The van der Waals surface area contributed by atoms with Crippen LogP contribution < -0.4 is 0 Å². The summed E-state index contributed by atoms with van der Waals surface area (Å²) < 4.78 is 7.68. The van der Waals surface area contributed by atoms with Crippen LogP contribution in [0.1, 0.15) is 6.92 Å². The number of ether oxygens (including phenoxy) is 1. The van der Waals surface area contributed by atoms with E-state index in [1.54, 1.807) is 13.0 Å². The van der Waals surface area contributed by atoms with Gasteiger partial charge in [-0.05, 0) is 19.1 Å². The fourth-order valence-corrected chi connectivity index (χ4v) is 3.00. The maximum atomic E-state index is 11.6. The number of halogens is 1. The van der Waals surface area contributed by atoms with E-state index < -0.39 is 0 Å². The fraction of sp³-hybridized carbons (Fsp3) is 0.267. The smallest absolute Gasteiger partial charge is 0.318 e. The number of thioether (sulfide) groups is 1. The zero-order valence-corrected chi connectivity index (χ0v) is 14.7. The average Bonchev–Trinajstić information content (AvgIpc) is 2.90. The molecule has 0 spiro atoms. The molecule has 5 nitrogen and oxygen atoms in total. The number of rotatable bonds is 6. The first-order valence-corrected chi connectivity index (χ1v) is 8.28. The predicted molar refractivity (Wildman–Crippen MR) is 90.7 cm³/mol. The summed E-state index contributed by atoms with van der Waals surface area (Å²) in [4.78, 5) is 11.6. The maximum Gasteiger partial charge on any atom is 0.318 e. The van der Waals surface area contributed by atoms with Gasteiger partial charge in [0.05, 0.1) is 7.11 Å². The lowest BCUT2D eigenvalue weighted by Gasteiger charge is -2.10. The number of benzene rings is 1. The standard InChI is InChI=1S/C15H16BrN3O2S/c1-4-9-19-13(11-5-7-12(16)8-6-11)17-18-15(19)22-10(2)14(20)21-3/h4-8,10H,1,9H2,2-3H3/t10-/m0/s1. The largest absolute Gasteiger partial charge is 0.468 e. The summed E-state index contributed by atoms with van der Waals surface area (Å²) in [5.41, 5.74) is 0.954. The summed E-state index contributed by atoms with van der Waals surface area (Å²) in [5, 5.41) is 8.76. The van der Waals surface area contributed by atoms with Crippen LogP contribution in [0, 0.1) is 0 Å². The molecule has 0 amide bonds. The zero-order valence-electron chi connectivity index (χ0n) is 12.3. The molecule has 0 bridgehead atoms. The van der Waals surface area contributed by atoms with Crippen molar-refractivity contribution in [3.8, 4) is 11.4 Å². The molecule has 1 aromatic heterocycles. The first-order chi connectivity index (χ1) is 10.6. The number of aromatic nitrogens is 3. The van der Waals surface area contributed by atoms with Gasteiger partial charge in [-0.15, -0.1) is 16.8 Å². The Hall–Kier alpha value is -1.60. The van der Waals surface area contributed by atoms with E-state index in [1.807, 2.05) is 28.8 Å². The molecule has 0 saturated heterocycles. The molecule has 1 heterocycles. The van der Waals surface area contributed by atoms with Crippen molar-refractivity contribution in [2.75, 3.05) is 7.11 Å². The zero-order chi connectivity index (χ0) is 16.1. The number of carbonyl (C=O) groups excluding carboxylic acids is 1. The topological polar surface area (TPSA) is 57.0 Å². The summed E-state index contributed by atoms with van der Waals surface area (Å²) in [5.74, 6) is 0.454. The third-order valence-corrected chi connectivity index (χ3v) is 4.53. The molecule has 116 valence electrons. The summed E-state index contributed by atoms with van der Waals surface area (Å²) in [6, 6.07) is 7.83. The summed E-state index contributed by atoms with van der Waals surface area (Å²) >= 11 is 4.73. The van der Waals surface area contributed by atoms with E-state index >= 15 is 0 Å². The lowest BCUT2D eigenvalue weighted by Crippen LogP contribution is -2.15. The molecular formula is C15H16BrN3O2S. The van der Waals surface area contributed by atoms with Crippen molar-refractivity contribution >= 4 is 33.7 Å². The molecule has 0 N–H and O–H groups in total. The first kappa shape index (κ1) is 16.8. The van der Waals surface area contributed by atoms with E-state index in [-0.39, 0.29) is 11.2 Å². The van der Waals surface area contributed by atoms with Crippen LogP contribution in [0.3, 0.4) is 0 Å². The van der Waals surface area contributed by atoms with E-state index in [1.165, 1.54) is 18.9 Å². The second-order valence-electron chi connectivity index (χ2n) is 4.50. The van der Waals surface area contributed by atoms with Gasteiger partial charge in [0.25, 0.3) is 0 Å². The Labute approximate surface area is 141 Å². The second-order valence-corrected chi connectivity index (χ2v) is 6.72. The average molecular weight is 382 g/mol. The van der Waals surface area contributed by atoms with Crippen LogP contribution in [0.25, 0.3) is 11.4 Å². The minimum absolute atomic E-state index is 0.289. The van der Waals surface area contributed by atoms with Crippen LogP contribution in [0.15, 0.2) is 46.5 Å². The Bertz CT molecular complexity index is 670. The lowest BCUT2D eigenvalue weighted by atomic mass is 10.2. The van der Waals surface area contributed by atoms with Gasteiger partial charge in [0.1, 0.15) is 5.25 Å². The SMILES string of the molecule is C=CCn1c(S[C@@H](C)C(=O)OC)nnc1-c1ccc(Br)cc1. The van der Waals surface area contributed by atoms with E-state index in [0.29, 0.717) is 11.7 Å². The minimum Gasteiger partial charge on any atom is -0.468 e. The van der Waals surface area contributed by atoms with Crippen LogP contribution in [0.5, 0.6) is 0 Å². The Kier molecular flexibility index (Phi) is 5.79. The second kappa shape index (κ2) is 7.60. The lowest BCUT2D eigenvalue weighted by molar-refractivity contribution is -0.139. The van der Waals surface area contributed by atoms with Crippen LogP contribution in [-0.4, -0.2) is 33.1 Å². The van der Waals surface area contributed by atoms with Crippen molar-refractivity contribution in [3.05, 3.63) is 41.4 Å². The number of allylic oxidation sites excluding steroid dienone is 1. The molecule has 0 aliphatic rings. The number of methoxy groups -OCH3 is 1.